The van der Waals surface area contributed by atoms with Crippen LogP contribution in [0.2, 0.25) is 0 Å². The molecule has 0 spiro atoms. The van der Waals surface area contributed by atoms with Gasteiger partial charge in [0.15, 0.2) is 0 Å². The minimum atomic E-state index is -0.953. The topological polar surface area (TPSA) is 87.4 Å². The standard InChI is InChI=1S/C17H24N6O2/c1-14-9-15(19-13-18-14)22-7-3-5-17(25,12-22)11-21(2)16(24)10-23-8-4-6-20-23/h4,6,8-9,13,25H,3,5,7,10-12H2,1-2H3. The maximum atomic E-state index is 12.3. The third-order valence-corrected chi connectivity index (χ3v) is 4.48. The van der Waals surface area contributed by atoms with Gasteiger partial charge in [0.1, 0.15) is 18.7 Å². The molecule has 25 heavy (non-hydrogen) atoms. The number of aromatic nitrogens is 4. The SMILES string of the molecule is Cc1cc(N2CCCC(O)(CN(C)C(=O)Cn3cccn3)C2)ncn1. The monoisotopic (exact) mass is 344 g/mol. The largest absolute Gasteiger partial charge is 0.386 e. The molecule has 3 heterocycles. The fourth-order valence-corrected chi connectivity index (χ4v) is 3.23. The summed E-state index contributed by atoms with van der Waals surface area (Å²) in [5, 5.41) is 15.1. The predicted octanol–water partition coefficient (Wildman–Crippen LogP) is 0.471. The number of amides is 1. The van der Waals surface area contributed by atoms with Crippen LogP contribution in [-0.2, 0) is 11.3 Å². The molecule has 1 atom stereocenters. The molecule has 3 rings (SSSR count). The van der Waals surface area contributed by atoms with Crippen molar-refractivity contribution in [2.45, 2.75) is 31.9 Å². The molecule has 2 aromatic rings. The highest BCUT2D eigenvalue weighted by molar-refractivity contribution is 5.75. The van der Waals surface area contributed by atoms with Crippen molar-refractivity contribution < 1.29 is 9.90 Å². The van der Waals surface area contributed by atoms with Crippen LogP contribution in [0.1, 0.15) is 18.5 Å². The van der Waals surface area contributed by atoms with Crippen LogP contribution in [0.3, 0.4) is 0 Å². The number of aryl methyl sites for hydroxylation is 1. The second-order valence-electron chi connectivity index (χ2n) is 6.72. The highest BCUT2D eigenvalue weighted by Gasteiger charge is 2.36. The number of piperidine rings is 1. The summed E-state index contributed by atoms with van der Waals surface area (Å²) in [6, 6.07) is 3.70. The molecule has 8 nitrogen and oxygen atoms in total. The van der Waals surface area contributed by atoms with Gasteiger partial charge in [-0.15, -0.1) is 0 Å². The molecule has 1 N–H and O–H groups in total. The van der Waals surface area contributed by atoms with Gasteiger partial charge in [-0.3, -0.25) is 9.48 Å². The smallest absolute Gasteiger partial charge is 0.244 e. The van der Waals surface area contributed by atoms with Crippen LogP contribution in [-0.4, -0.2) is 67.9 Å². The van der Waals surface area contributed by atoms with Crippen molar-refractivity contribution in [2.24, 2.45) is 0 Å². The van der Waals surface area contributed by atoms with Gasteiger partial charge in [0.2, 0.25) is 5.91 Å². The van der Waals surface area contributed by atoms with E-state index in [-0.39, 0.29) is 19.0 Å². The first-order valence-corrected chi connectivity index (χ1v) is 8.43. The summed E-state index contributed by atoms with van der Waals surface area (Å²) < 4.78 is 1.58. The Morgan fingerprint density at radius 1 is 1.44 bits per heavy atom. The third kappa shape index (κ3) is 4.33. The maximum Gasteiger partial charge on any atom is 0.244 e. The number of aliphatic hydroxyl groups is 1. The zero-order valence-corrected chi connectivity index (χ0v) is 14.7. The van der Waals surface area contributed by atoms with E-state index in [2.05, 4.69) is 20.0 Å². The Kier molecular flexibility index (Phi) is 4.98. The summed E-state index contributed by atoms with van der Waals surface area (Å²) in [5.74, 6) is 0.739. The molecule has 0 aliphatic carbocycles. The molecule has 1 amide bonds. The van der Waals surface area contributed by atoms with Crippen molar-refractivity contribution in [3.05, 3.63) is 36.5 Å². The first kappa shape index (κ1) is 17.3. The van der Waals surface area contributed by atoms with Gasteiger partial charge in [0, 0.05) is 44.3 Å². The number of anilines is 1. The van der Waals surface area contributed by atoms with Gasteiger partial charge in [-0.25, -0.2) is 9.97 Å². The molecule has 8 heteroatoms. The summed E-state index contributed by atoms with van der Waals surface area (Å²) in [4.78, 5) is 24.4. The molecule has 1 saturated heterocycles. The lowest BCUT2D eigenvalue weighted by molar-refractivity contribution is -0.134. The average Bonchev–Trinajstić information content (AvgIpc) is 3.07. The molecule has 1 aliphatic heterocycles. The number of nitrogens with zero attached hydrogens (tertiary/aromatic N) is 6. The van der Waals surface area contributed by atoms with Crippen LogP contribution in [0, 0.1) is 6.92 Å². The highest BCUT2D eigenvalue weighted by Crippen LogP contribution is 2.25. The lowest BCUT2D eigenvalue weighted by Gasteiger charge is -2.41. The second-order valence-corrected chi connectivity index (χ2v) is 6.72. The number of β-amino-alcohol motifs (C(OH)–C–C–N with tert-alkyl or cyclic N) is 1. The molecule has 1 unspecified atom stereocenters. The molecule has 0 aromatic carbocycles. The van der Waals surface area contributed by atoms with Crippen LogP contribution in [0.5, 0.6) is 0 Å². The molecule has 0 bridgehead atoms. The Morgan fingerprint density at radius 2 is 2.28 bits per heavy atom. The minimum absolute atomic E-state index is 0.0767. The molecule has 0 radical (unpaired) electrons. The van der Waals surface area contributed by atoms with Crippen molar-refractivity contribution in [2.75, 3.05) is 31.6 Å². The number of likely N-dealkylation sites (N-methyl/N-ethyl adjacent to an activating group) is 1. The van der Waals surface area contributed by atoms with E-state index in [1.54, 1.807) is 35.1 Å². The van der Waals surface area contributed by atoms with E-state index in [1.165, 1.54) is 6.33 Å². The van der Waals surface area contributed by atoms with Gasteiger partial charge in [-0.1, -0.05) is 0 Å². The molecule has 0 saturated carbocycles. The van der Waals surface area contributed by atoms with Gasteiger partial charge in [0.25, 0.3) is 0 Å². The van der Waals surface area contributed by atoms with Crippen molar-refractivity contribution in [1.82, 2.24) is 24.6 Å². The van der Waals surface area contributed by atoms with Gasteiger partial charge < -0.3 is 14.9 Å². The second kappa shape index (κ2) is 7.18. The first-order chi connectivity index (χ1) is 12.0. The number of carbonyl (C=O) groups excluding carboxylic acids is 1. The van der Waals surface area contributed by atoms with Crippen molar-refractivity contribution in [3.8, 4) is 0 Å². The van der Waals surface area contributed by atoms with E-state index in [9.17, 15) is 9.90 Å². The lowest BCUT2D eigenvalue weighted by Crippen LogP contribution is -2.55. The van der Waals surface area contributed by atoms with Crippen molar-refractivity contribution in [3.63, 3.8) is 0 Å². The lowest BCUT2D eigenvalue weighted by atomic mass is 9.92. The summed E-state index contributed by atoms with van der Waals surface area (Å²) in [6.45, 7) is 3.66. The number of rotatable bonds is 5. The van der Waals surface area contributed by atoms with Crippen LogP contribution >= 0.6 is 0 Å². The van der Waals surface area contributed by atoms with E-state index in [1.807, 2.05) is 13.0 Å². The van der Waals surface area contributed by atoms with Crippen molar-refractivity contribution in [1.29, 1.82) is 0 Å². The predicted molar refractivity (Wildman–Crippen MR) is 93.0 cm³/mol. The Bertz CT molecular complexity index is 720. The summed E-state index contributed by atoms with van der Waals surface area (Å²) >= 11 is 0. The summed E-state index contributed by atoms with van der Waals surface area (Å²) in [5.41, 5.74) is -0.0586. The fraction of sp³-hybridized carbons (Fsp3) is 0.529. The van der Waals surface area contributed by atoms with E-state index < -0.39 is 5.60 Å². The Balaban J connectivity index is 1.63. The zero-order chi connectivity index (χ0) is 17.9. The highest BCUT2D eigenvalue weighted by atomic mass is 16.3. The van der Waals surface area contributed by atoms with Crippen LogP contribution < -0.4 is 4.90 Å². The normalized spacial score (nSPS) is 20.5. The zero-order valence-electron chi connectivity index (χ0n) is 14.7. The van der Waals surface area contributed by atoms with E-state index >= 15 is 0 Å². The van der Waals surface area contributed by atoms with E-state index in [0.717, 1.165) is 24.5 Å². The van der Waals surface area contributed by atoms with Crippen molar-refractivity contribution >= 4 is 11.7 Å². The van der Waals surface area contributed by atoms with Gasteiger partial charge in [-0.2, -0.15) is 5.10 Å². The molecular weight excluding hydrogens is 320 g/mol. The Hall–Kier alpha value is -2.48. The molecular formula is C17H24N6O2. The molecule has 1 aliphatic rings. The Morgan fingerprint density at radius 3 is 3.00 bits per heavy atom. The Labute approximate surface area is 147 Å². The number of hydrogen-bond acceptors (Lipinski definition) is 6. The van der Waals surface area contributed by atoms with Crippen LogP contribution in [0.25, 0.3) is 0 Å². The summed E-state index contributed by atoms with van der Waals surface area (Å²) in [7, 11) is 1.72. The number of hydrogen-bond donors (Lipinski definition) is 1. The minimum Gasteiger partial charge on any atom is -0.386 e. The maximum absolute atomic E-state index is 12.3. The average molecular weight is 344 g/mol. The third-order valence-electron chi connectivity index (χ3n) is 4.48. The van der Waals surface area contributed by atoms with Crippen LogP contribution in [0.4, 0.5) is 5.82 Å². The van der Waals surface area contributed by atoms with E-state index in [4.69, 9.17) is 0 Å². The van der Waals surface area contributed by atoms with Gasteiger partial charge in [-0.05, 0) is 25.8 Å². The number of carbonyl (C=O) groups is 1. The van der Waals surface area contributed by atoms with Gasteiger partial charge in [0.05, 0.1) is 12.1 Å². The van der Waals surface area contributed by atoms with Crippen LogP contribution in [0.15, 0.2) is 30.9 Å². The first-order valence-electron chi connectivity index (χ1n) is 8.43. The van der Waals surface area contributed by atoms with E-state index in [0.29, 0.717) is 13.0 Å². The quantitative estimate of drug-likeness (QED) is 0.848. The molecule has 134 valence electrons. The van der Waals surface area contributed by atoms with Gasteiger partial charge >= 0.3 is 0 Å². The molecule has 1 fully saturated rings. The fourth-order valence-electron chi connectivity index (χ4n) is 3.23. The summed E-state index contributed by atoms with van der Waals surface area (Å²) in [6.07, 6.45) is 6.44. The molecule has 2 aromatic heterocycles.